The lowest BCUT2D eigenvalue weighted by molar-refractivity contribution is 0.171. The zero-order valence-corrected chi connectivity index (χ0v) is 14.1. The number of benzene rings is 1. The van der Waals surface area contributed by atoms with Gasteiger partial charge in [-0.3, -0.25) is 0 Å². The molecule has 0 radical (unpaired) electrons. The molecule has 0 spiro atoms. The molecule has 0 aliphatic carbocycles. The quantitative estimate of drug-likeness (QED) is 0.747. The van der Waals surface area contributed by atoms with Gasteiger partial charge < -0.3 is 20.1 Å². The van der Waals surface area contributed by atoms with Gasteiger partial charge >= 0.3 is 0 Å². The first-order chi connectivity index (χ1) is 9.63. The maximum Gasteiger partial charge on any atom is 0.0663 e. The number of hydrogen-bond donors (Lipinski definition) is 1. The first kappa shape index (κ1) is 17.4. The van der Waals surface area contributed by atoms with Crippen molar-refractivity contribution in [3.63, 3.8) is 0 Å². The highest BCUT2D eigenvalue weighted by atomic mass is 79.9. The van der Waals surface area contributed by atoms with Crippen LogP contribution in [0.4, 0.5) is 5.69 Å². The van der Waals surface area contributed by atoms with Crippen molar-refractivity contribution >= 4 is 21.6 Å². The summed E-state index contributed by atoms with van der Waals surface area (Å²) < 4.78 is 11.6. The van der Waals surface area contributed by atoms with Crippen LogP contribution in [0.15, 0.2) is 22.7 Å². The van der Waals surface area contributed by atoms with Gasteiger partial charge in [0.25, 0.3) is 0 Å². The second-order valence-electron chi connectivity index (χ2n) is 4.80. The highest BCUT2D eigenvalue weighted by Gasteiger charge is 2.17. The smallest absolute Gasteiger partial charge is 0.0663 e. The third kappa shape index (κ3) is 5.05. The fourth-order valence-corrected chi connectivity index (χ4v) is 2.70. The molecular formula is C15H25BrN2O2. The standard InChI is InChI=1S/C15H25BrN2O2/c1-12(11-20-3)18(8-9-19-2)15-5-4-14(16)10-13(15)6-7-17/h4-5,10,12H,6-9,11,17H2,1-3H3. The molecule has 1 atom stereocenters. The molecule has 0 saturated heterocycles. The number of anilines is 1. The van der Waals surface area contributed by atoms with Gasteiger partial charge in [0, 0.05) is 37.0 Å². The van der Waals surface area contributed by atoms with E-state index in [4.69, 9.17) is 15.2 Å². The van der Waals surface area contributed by atoms with E-state index in [1.807, 2.05) is 0 Å². The maximum absolute atomic E-state index is 5.73. The number of rotatable bonds is 9. The van der Waals surface area contributed by atoms with E-state index in [1.54, 1.807) is 14.2 Å². The van der Waals surface area contributed by atoms with Crippen LogP contribution >= 0.6 is 15.9 Å². The number of methoxy groups -OCH3 is 2. The molecule has 5 heteroatoms. The molecular weight excluding hydrogens is 320 g/mol. The molecule has 4 nitrogen and oxygen atoms in total. The molecule has 0 heterocycles. The van der Waals surface area contributed by atoms with E-state index >= 15 is 0 Å². The molecule has 0 fully saturated rings. The Balaban J connectivity index is 3.04. The molecule has 2 N–H and O–H groups in total. The van der Waals surface area contributed by atoms with Crippen LogP contribution < -0.4 is 10.6 Å². The van der Waals surface area contributed by atoms with E-state index in [9.17, 15) is 0 Å². The first-order valence-electron chi connectivity index (χ1n) is 6.87. The van der Waals surface area contributed by atoms with Crippen LogP contribution in [0.2, 0.25) is 0 Å². The van der Waals surface area contributed by atoms with Gasteiger partial charge in [0.1, 0.15) is 0 Å². The van der Waals surface area contributed by atoms with Crippen molar-refractivity contribution in [1.82, 2.24) is 0 Å². The second-order valence-corrected chi connectivity index (χ2v) is 5.72. The molecule has 0 aliphatic heterocycles. The minimum Gasteiger partial charge on any atom is -0.383 e. The van der Waals surface area contributed by atoms with Gasteiger partial charge in [0.05, 0.1) is 13.2 Å². The number of nitrogens with two attached hydrogens (primary N) is 1. The van der Waals surface area contributed by atoms with Crippen LogP contribution in [0.25, 0.3) is 0 Å². The summed E-state index contributed by atoms with van der Waals surface area (Å²) in [5.74, 6) is 0. The van der Waals surface area contributed by atoms with Crippen molar-refractivity contribution in [3.05, 3.63) is 28.2 Å². The molecule has 1 aromatic carbocycles. The molecule has 114 valence electrons. The Morgan fingerprint density at radius 3 is 2.65 bits per heavy atom. The molecule has 1 aromatic rings. The molecule has 1 unspecified atom stereocenters. The van der Waals surface area contributed by atoms with Crippen LogP contribution in [0.3, 0.4) is 0 Å². The average Bonchev–Trinajstić information content (AvgIpc) is 2.42. The Hall–Kier alpha value is -0.620. The van der Waals surface area contributed by atoms with Gasteiger partial charge in [-0.2, -0.15) is 0 Å². The van der Waals surface area contributed by atoms with Crippen molar-refractivity contribution in [2.45, 2.75) is 19.4 Å². The summed E-state index contributed by atoms with van der Waals surface area (Å²) in [6, 6.07) is 6.63. The summed E-state index contributed by atoms with van der Waals surface area (Å²) in [6.07, 6.45) is 0.859. The zero-order valence-electron chi connectivity index (χ0n) is 12.6. The Bertz CT molecular complexity index is 401. The summed E-state index contributed by atoms with van der Waals surface area (Å²) >= 11 is 3.53. The summed E-state index contributed by atoms with van der Waals surface area (Å²) in [5.41, 5.74) is 8.19. The van der Waals surface area contributed by atoms with E-state index in [0.717, 1.165) is 17.4 Å². The Labute approximate surface area is 130 Å². The minimum absolute atomic E-state index is 0.285. The van der Waals surface area contributed by atoms with Gasteiger partial charge in [0.2, 0.25) is 0 Å². The summed E-state index contributed by atoms with van der Waals surface area (Å²) in [5, 5.41) is 0. The van der Waals surface area contributed by atoms with E-state index in [0.29, 0.717) is 19.8 Å². The van der Waals surface area contributed by atoms with E-state index in [1.165, 1.54) is 11.3 Å². The van der Waals surface area contributed by atoms with Crippen molar-refractivity contribution in [2.24, 2.45) is 5.73 Å². The van der Waals surface area contributed by atoms with Gasteiger partial charge in [-0.1, -0.05) is 15.9 Å². The summed E-state index contributed by atoms with van der Waals surface area (Å²) in [7, 11) is 3.45. The second kappa shape index (κ2) is 9.34. The largest absolute Gasteiger partial charge is 0.383 e. The van der Waals surface area contributed by atoms with E-state index < -0.39 is 0 Å². The highest BCUT2D eigenvalue weighted by molar-refractivity contribution is 9.10. The summed E-state index contributed by atoms with van der Waals surface area (Å²) in [6.45, 7) is 5.00. The molecule has 0 aromatic heterocycles. The highest BCUT2D eigenvalue weighted by Crippen LogP contribution is 2.26. The molecule has 1 rings (SSSR count). The predicted octanol–water partition coefficient (Wildman–Crippen LogP) is 2.44. The van der Waals surface area contributed by atoms with Crippen LogP contribution in [-0.4, -0.2) is 46.6 Å². The maximum atomic E-state index is 5.73. The third-order valence-electron chi connectivity index (χ3n) is 3.24. The van der Waals surface area contributed by atoms with Crippen LogP contribution in [0.1, 0.15) is 12.5 Å². The third-order valence-corrected chi connectivity index (χ3v) is 3.73. The predicted molar refractivity (Wildman–Crippen MR) is 87.5 cm³/mol. The van der Waals surface area contributed by atoms with Crippen LogP contribution in [0, 0.1) is 0 Å². The Morgan fingerprint density at radius 2 is 2.05 bits per heavy atom. The van der Waals surface area contributed by atoms with Crippen molar-refractivity contribution in [1.29, 1.82) is 0 Å². The van der Waals surface area contributed by atoms with Gasteiger partial charge in [-0.25, -0.2) is 0 Å². The number of hydrogen-bond acceptors (Lipinski definition) is 4. The fourth-order valence-electron chi connectivity index (χ4n) is 2.29. The number of ether oxygens (including phenoxy) is 2. The number of halogens is 1. The lowest BCUT2D eigenvalue weighted by atomic mass is 10.1. The van der Waals surface area contributed by atoms with Crippen molar-refractivity contribution < 1.29 is 9.47 Å². The first-order valence-corrected chi connectivity index (χ1v) is 7.66. The summed E-state index contributed by atoms with van der Waals surface area (Å²) in [4.78, 5) is 2.32. The lowest BCUT2D eigenvalue weighted by Crippen LogP contribution is -2.39. The molecule has 0 amide bonds. The van der Waals surface area contributed by atoms with E-state index in [2.05, 4.69) is 46.0 Å². The van der Waals surface area contributed by atoms with Crippen LogP contribution in [-0.2, 0) is 15.9 Å². The van der Waals surface area contributed by atoms with Crippen LogP contribution in [0.5, 0.6) is 0 Å². The van der Waals surface area contributed by atoms with Crippen molar-refractivity contribution in [2.75, 3.05) is 45.4 Å². The zero-order chi connectivity index (χ0) is 15.0. The lowest BCUT2D eigenvalue weighted by Gasteiger charge is -2.32. The van der Waals surface area contributed by atoms with Crippen molar-refractivity contribution in [3.8, 4) is 0 Å². The van der Waals surface area contributed by atoms with Gasteiger partial charge in [-0.05, 0) is 43.7 Å². The minimum atomic E-state index is 0.285. The SMILES string of the molecule is COCCN(c1ccc(Br)cc1CCN)C(C)COC. The number of nitrogens with zero attached hydrogens (tertiary/aromatic N) is 1. The monoisotopic (exact) mass is 344 g/mol. The molecule has 0 aliphatic rings. The average molecular weight is 345 g/mol. The normalized spacial score (nSPS) is 12.4. The fraction of sp³-hybridized carbons (Fsp3) is 0.600. The molecule has 0 saturated carbocycles. The van der Waals surface area contributed by atoms with Gasteiger partial charge in [0.15, 0.2) is 0 Å². The molecule has 20 heavy (non-hydrogen) atoms. The van der Waals surface area contributed by atoms with Gasteiger partial charge in [-0.15, -0.1) is 0 Å². The van der Waals surface area contributed by atoms with E-state index in [-0.39, 0.29) is 6.04 Å². The Kier molecular flexibility index (Phi) is 8.14. The Morgan fingerprint density at radius 1 is 1.30 bits per heavy atom. The topological polar surface area (TPSA) is 47.7 Å². The molecule has 0 bridgehead atoms.